The predicted octanol–water partition coefficient (Wildman–Crippen LogP) is 3.72. The minimum atomic E-state index is -4.71. The van der Waals surface area contributed by atoms with E-state index >= 15 is 0 Å². The van der Waals surface area contributed by atoms with Crippen molar-refractivity contribution < 1.29 is 22.6 Å². The van der Waals surface area contributed by atoms with Gasteiger partial charge in [0.25, 0.3) is 0 Å². The van der Waals surface area contributed by atoms with E-state index in [9.17, 15) is 13.2 Å². The Balaban J connectivity index is 2.95. The number of alkyl halides is 4. The molecule has 0 saturated heterocycles. The molecule has 0 heterocycles. The summed E-state index contributed by atoms with van der Waals surface area (Å²) in [5.74, 6) is 0.0729. The van der Waals surface area contributed by atoms with Crippen molar-refractivity contribution in [3.63, 3.8) is 0 Å². The highest BCUT2D eigenvalue weighted by Gasteiger charge is 2.31. The molecule has 0 amide bonds. The number of benzene rings is 1. The Kier molecular flexibility index (Phi) is 4.29. The molecule has 0 radical (unpaired) electrons. The normalized spacial score (nSPS) is 11.3. The number of hydrogen-bond donors (Lipinski definition) is 0. The van der Waals surface area contributed by atoms with Crippen molar-refractivity contribution in [3.05, 3.63) is 23.8 Å². The predicted molar refractivity (Wildman–Crippen MR) is 53.9 cm³/mol. The van der Waals surface area contributed by atoms with Gasteiger partial charge in [0.2, 0.25) is 0 Å². The highest BCUT2D eigenvalue weighted by molar-refractivity contribution is 6.17. The average Bonchev–Trinajstić information content (AvgIpc) is 2.15. The third-order valence-corrected chi connectivity index (χ3v) is 1.95. The second kappa shape index (κ2) is 5.30. The minimum absolute atomic E-state index is 0.0924. The van der Waals surface area contributed by atoms with Gasteiger partial charge in [-0.05, 0) is 24.6 Å². The molecule has 90 valence electrons. The minimum Gasteiger partial charge on any atom is -0.494 e. The zero-order chi connectivity index (χ0) is 12.2. The second-order valence-corrected chi connectivity index (χ2v) is 3.19. The van der Waals surface area contributed by atoms with Crippen LogP contribution in [-0.4, -0.2) is 13.0 Å². The fraction of sp³-hybridized carbons (Fsp3) is 0.400. The number of hydrogen-bond acceptors (Lipinski definition) is 2. The molecule has 2 nitrogen and oxygen atoms in total. The number of ether oxygens (including phenoxy) is 2. The largest absolute Gasteiger partial charge is 0.573 e. The lowest BCUT2D eigenvalue weighted by atomic mass is 10.2. The quantitative estimate of drug-likeness (QED) is 0.763. The topological polar surface area (TPSA) is 18.5 Å². The van der Waals surface area contributed by atoms with Crippen molar-refractivity contribution in [2.45, 2.75) is 19.2 Å². The summed E-state index contributed by atoms with van der Waals surface area (Å²) >= 11 is 5.55. The molecule has 0 bridgehead atoms. The summed E-state index contributed by atoms with van der Waals surface area (Å²) in [6.45, 7) is 2.09. The van der Waals surface area contributed by atoms with E-state index in [1.807, 2.05) is 0 Å². The van der Waals surface area contributed by atoms with E-state index in [0.717, 1.165) is 0 Å². The third-order valence-electron chi connectivity index (χ3n) is 1.64. The summed E-state index contributed by atoms with van der Waals surface area (Å²) in [5.41, 5.74) is 0.506. The summed E-state index contributed by atoms with van der Waals surface area (Å²) in [5, 5.41) is 0. The van der Waals surface area contributed by atoms with Crippen molar-refractivity contribution >= 4 is 11.6 Å². The van der Waals surface area contributed by atoms with Gasteiger partial charge in [-0.1, -0.05) is 0 Å². The van der Waals surface area contributed by atoms with Crippen molar-refractivity contribution in [2.24, 2.45) is 0 Å². The Morgan fingerprint density at radius 1 is 1.19 bits per heavy atom. The first kappa shape index (κ1) is 13.0. The first-order valence-electron chi connectivity index (χ1n) is 4.53. The second-order valence-electron chi connectivity index (χ2n) is 2.93. The molecule has 0 N–H and O–H groups in total. The van der Waals surface area contributed by atoms with Crippen LogP contribution in [0.15, 0.2) is 18.2 Å². The van der Waals surface area contributed by atoms with Crippen LogP contribution in [0, 0.1) is 0 Å². The van der Waals surface area contributed by atoms with Crippen LogP contribution in [0.4, 0.5) is 13.2 Å². The van der Waals surface area contributed by atoms with Crippen LogP contribution >= 0.6 is 11.6 Å². The fourth-order valence-corrected chi connectivity index (χ4v) is 1.30. The van der Waals surface area contributed by atoms with Gasteiger partial charge in [0.1, 0.15) is 11.5 Å². The van der Waals surface area contributed by atoms with Crippen LogP contribution < -0.4 is 9.47 Å². The van der Waals surface area contributed by atoms with Gasteiger partial charge >= 0.3 is 6.36 Å². The summed E-state index contributed by atoms with van der Waals surface area (Å²) in [6.07, 6.45) is -4.71. The zero-order valence-electron chi connectivity index (χ0n) is 8.47. The molecule has 1 aromatic carbocycles. The molecule has 0 spiro atoms. The van der Waals surface area contributed by atoms with Gasteiger partial charge in [-0.25, -0.2) is 0 Å². The van der Waals surface area contributed by atoms with Gasteiger partial charge in [0.05, 0.1) is 6.61 Å². The zero-order valence-corrected chi connectivity index (χ0v) is 9.23. The van der Waals surface area contributed by atoms with E-state index in [4.69, 9.17) is 16.3 Å². The molecule has 16 heavy (non-hydrogen) atoms. The number of halogens is 4. The summed E-state index contributed by atoms with van der Waals surface area (Å²) in [4.78, 5) is 0. The molecule has 0 fully saturated rings. The molecule has 1 rings (SSSR count). The van der Waals surface area contributed by atoms with Crippen LogP contribution in [0.2, 0.25) is 0 Å². The molecule has 0 atom stereocenters. The molecule has 6 heteroatoms. The van der Waals surface area contributed by atoms with Gasteiger partial charge in [0, 0.05) is 11.9 Å². The summed E-state index contributed by atoms with van der Waals surface area (Å²) in [6, 6.07) is 3.97. The lowest BCUT2D eigenvalue weighted by molar-refractivity contribution is -0.274. The lowest BCUT2D eigenvalue weighted by Gasteiger charge is -2.12. The van der Waals surface area contributed by atoms with Gasteiger partial charge < -0.3 is 9.47 Å². The molecule has 0 aromatic heterocycles. The summed E-state index contributed by atoms with van der Waals surface area (Å²) < 4.78 is 44.9. The first-order valence-corrected chi connectivity index (χ1v) is 5.06. The molecule has 0 saturated carbocycles. The molecule has 0 aliphatic carbocycles. The molecule has 1 aromatic rings. The van der Waals surface area contributed by atoms with Gasteiger partial charge in [-0.15, -0.1) is 24.8 Å². The van der Waals surface area contributed by atoms with Gasteiger partial charge in [-0.3, -0.25) is 0 Å². The van der Waals surface area contributed by atoms with Crippen LogP contribution in [-0.2, 0) is 5.88 Å². The van der Waals surface area contributed by atoms with E-state index in [1.54, 1.807) is 13.0 Å². The fourth-order valence-electron chi connectivity index (χ4n) is 1.15. The van der Waals surface area contributed by atoms with Crippen molar-refractivity contribution in [2.75, 3.05) is 6.61 Å². The van der Waals surface area contributed by atoms with E-state index < -0.39 is 6.36 Å². The van der Waals surface area contributed by atoms with E-state index in [0.29, 0.717) is 17.9 Å². The van der Waals surface area contributed by atoms with Crippen molar-refractivity contribution in [3.8, 4) is 11.5 Å². The van der Waals surface area contributed by atoms with Crippen LogP contribution in [0.1, 0.15) is 12.5 Å². The van der Waals surface area contributed by atoms with E-state index in [1.165, 1.54) is 12.1 Å². The first-order chi connectivity index (χ1) is 7.44. The highest BCUT2D eigenvalue weighted by atomic mass is 35.5. The van der Waals surface area contributed by atoms with E-state index in [-0.39, 0.29) is 11.6 Å². The van der Waals surface area contributed by atoms with Crippen LogP contribution in [0.5, 0.6) is 11.5 Å². The van der Waals surface area contributed by atoms with Crippen LogP contribution in [0.25, 0.3) is 0 Å². The van der Waals surface area contributed by atoms with E-state index in [2.05, 4.69) is 4.74 Å². The van der Waals surface area contributed by atoms with Crippen molar-refractivity contribution in [1.82, 2.24) is 0 Å². The Morgan fingerprint density at radius 3 is 2.31 bits per heavy atom. The average molecular weight is 255 g/mol. The summed E-state index contributed by atoms with van der Waals surface area (Å²) in [7, 11) is 0. The standard InChI is InChI=1S/C10H10ClF3O2/c1-2-15-8-3-7(6-11)4-9(5-8)16-10(12,13)14/h3-5H,2,6H2,1H3. The van der Waals surface area contributed by atoms with Crippen molar-refractivity contribution in [1.29, 1.82) is 0 Å². The van der Waals surface area contributed by atoms with Crippen LogP contribution in [0.3, 0.4) is 0 Å². The SMILES string of the molecule is CCOc1cc(CCl)cc(OC(F)(F)F)c1. The van der Waals surface area contributed by atoms with Gasteiger partial charge in [-0.2, -0.15) is 0 Å². The molecular formula is C10H10ClF3O2. The maximum absolute atomic E-state index is 12.0. The maximum atomic E-state index is 12.0. The maximum Gasteiger partial charge on any atom is 0.573 e. The Hall–Kier alpha value is -1.10. The molecule has 0 aliphatic rings. The number of rotatable bonds is 4. The van der Waals surface area contributed by atoms with Gasteiger partial charge in [0.15, 0.2) is 0 Å². The Morgan fingerprint density at radius 2 is 1.81 bits per heavy atom. The molecule has 0 aliphatic heterocycles. The molecular weight excluding hydrogens is 245 g/mol. The Bertz CT molecular complexity index is 352. The molecule has 0 unspecified atom stereocenters. The Labute approximate surface area is 95.9 Å². The smallest absolute Gasteiger partial charge is 0.494 e. The third kappa shape index (κ3) is 4.18. The monoisotopic (exact) mass is 254 g/mol. The lowest BCUT2D eigenvalue weighted by Crippen LogP contribution is -2.17. The highest BCUT2D eigenvalue weighted by Crippen LogP contribution is 2.28.